The van der Waals surface area contributed by atoms with Crippen LogP contribution in [0, 0.1) is 0 Å². The molecule has 0 unspecified atom stereocenters. The SMILES string of the molecule is CC(C)=CCNCCNC(=O)OC(C)(C)C. The van der Waals surface area contributed by atoms with E-state index in [2.05, 4.69) is 30.6 Å². The van der Waals surface area contributed by atoms with E-state index in [-0.39, 0.29) is 6.09 Å². The van der Waals surface area contributed by atoms with Gasteiger partial charge in [0.05, 0.1) is 0 Å². The minimum Gasteiger partial charge on any atom is -0.444 e. The van der Waals surface area contributed by atoms with E-state index >= 15 is 0 Å². The second kappa shape index (κ2) is 7.28. The molecular weight excluding hydrogens is 204 g/mol. The number of carbonyl (C=O) groups excluding carboxylic acids is 1. The first-order valence-electron chi connectivity index (χ1n) is 5.62. The molecule has 0 aliphatic carbocycles. The van der Waals surface area contributed by atoms with Crippen LogP contribution in [-0.4, -0.2) is 31.3 Å². The Bertz CT molecular complexity index is 238. The Kier molecular flexibility index (Phi) is 6.81. The second-order valence-electron chi connectivity index (χ2n) is 4.91. The van der Waals surface area contributed by atoms with Crippen molar-refractivity contribution in [1.82, 2.24) is 10.6 Å². The van der Waals surface area contributed by atoms with Gasteiger partial charge in [0.1, 0.15) is 5.60 Å². The van der Waals surface area contributed by atoms with E-state index in [0.29, 0.717) is 6.54 Å². The predicted molar refractivity (Wildman–Crippen MR) is 66.5 cm³/mol. The van der Waals surface area contributed by atoms with Crippen molar-refractivity contribution in [3.05, 3.63) is 11.6 Å². The highest BCUT2D eigenvalue weighted by atomic mass is 16.6. The van der Waals surface area contributed by atoms with Crippen LogP contribution in [0.5, 0.6) is 0 Å². The molecule has 4 nitrogen and oxygen atoms in total. The predicted octanol–water partition coefficient (Wildman–Crippen LogP) is 2.07. The normalized spacial score (nSPS) is 10.8. The van der Waals surface area contributed by atoms with Gasteiger partial charge in [-0.3, -0.25) is 0 Å². The van der Waals surface area contributed by atoms with Crippen molar-refractivity contribution < 1.29 is 9.53 Å². The quantitative estimate of drug-likeness (QED) is 0.559. The summed E-state index contributed by atoms with van der Waals surface area (Å²) in [7, 11) is 0. The van der Waals surface area contributed by atoms with Crippen LogP contribution in [0.25, 0.3) is 0 Å². The van der Waals surface area contributed by atoms with Gasteiger partial charge in [0, 0.05) is 19.6 Å². The number of ether oxygens (including phenoxy) is 1. The maximum atomic E-state index is 11.2. The number of rotatable bonds is 5. The Labute approximate surface area is 98.4 Å². The van der Waals surface area contributed by atoms with Gasteiger partial charge in [0.2, 0.25) is 0 Å². The smallest absolute Gasteiger partial charge is 0.407 e. The fraction of sp³-hybridized carbons (Fsp3) is 0.750. The molecule has 0 saturated carbocycles. The first kappa shape index (κ1) is 15.0. The van der Waals surface area contributed by atoms with E-state index in [1.165, 1.54) is 5.57 Å². The van der Waals surface area contributed by atoms with Crippen molar-refractivity contribution in [1.29, 1.82) is 0 Å². The summed E-state index contributed by atoms with van der Waals surface area (Å²) >= 11 is 0. The van der Waals surface area contributed by atoms with Crippen LogP contribution in [-0.2, 0) is 4.74 Å². The molecule has 0 fully saturated rings. The van der Waals surface area contributed by atoms with Crippen molar-refractivity contribution in [2.45, 2.75) is 40.2 Å². The molecule has 0 heterocycles. The molecule has 0 bridgehead atoms. The van der Waals surface area contributed by atoms with Crippen LogP contribution in [0.15, 0.2) is 11.6 Å². The highest BCUT2D eigenvalue weighted by Gasteiger charge is 2.15. The number of carbonyl (C=O) groups is 1. The van der Waals surface area contributed by atoms with Crippen LogP contribution >= 0.6 is 0 Å². The molecule has 0 spiro atoms. The van der Waals surface area contributed by atoms with Gasteiger partial charge < -0.3 is 15.4 Å². The first-order valence-corrected chi connectivity index (χ1v) is 5.62. The van der Waals surface area contributed by atoms with Gasteiger partial charge in [0.15, 0.2) is 0 Å². The number of nitrogens with one attached hydrogen (secondary N) is 2. The van der Waals surface area contributed by atoms with E-state index in [9.17, 15) is 4.79 Å². The fourth-order valence-electron chi connectivity index (χ4n) is 0.945. The van der Waals surface area contributed by atoms with Crippen LogP contribution < -0.4 is 10.6 Å². The van der Waals surface area contributed by atoms with Crippen LogP contribution in [0.1, 0.15) is 34.6 Å². The molecule has 0 aromatic carbocycles. The Hall–Kier alpha value is -1.03. The van der Waals surface area contributed by atoms with E-state index < -0.39 is 5.60 Å². The van der Waals surface area contributed by atoms with E-state index in [4.69, 9.17) is 4.74 Å². The van der Waals surface area contributed by atoms with E-state index in [1.54, 1.807) is 0 Å². The maximum Gasteiger partial charge on any atom is 0.407 e. The Morgan fingerprint density at radius 3 is 2.38 bits per heavy atom. The van der Waals surface area contributed by atoms with Gasteiger partial charge in [-0.05, 0) is 34.6 Å². The summed E-state index contributed by atoms with van der Waals surface area (Å²) in [5.41, 5.74) is 0.854. The van der Waals surface area contributed by atoms with Crippen molar-refractivity contribution >= 4 is 6.09 Å². The highest BCUT2D eigenvalue weighted by Crippen LogP contribution is 2.05. The lowest BCUT2D eigenvalue weighted by Gasteiger charge is -2.19. The lowest BCUT2D eigenvalue weighted by atomic mass is 10.2. The third kappa shape index (κ3) is 11.0. The summed E-state index contributed by atoms with van der Waals surface area (Å²) in [6.45, 7) is 11.8. The fourth-order valence-corrected chi connectivity index (χ4v) is 0.945. The molecule has 0 aliphatic rings. The lowest BCUT2D eigenvalue weighted by molar-refractivity contribution is 0.0528. The molecule has 2 N–H and O–H groups in total. The first-order chi connectivity index (χ1) is 7.31. The van der Waals surface area contributed by atoms with E-state index in [1.807, 2.05) is 20.8 Å². The zero-order valence-corrected chi connectivity index (χ0v) is 11.0. The van der Waals surface area contributed by atoms with Gasteiger partial charge in [-0.15, -0.1) is 0 Å². The zero-order valence-electron chi connectivity index (χ0n) is 11.0. The number of allylic oxidation sites excluding steroid dienone is 1. The highest BCUT2D eigenvalue weighted by molar-refractivity contribution is 5.67. The minimum absolute atomic E-state index is 0.364. The zero-order chi connectivity index (χ0) is 12.6. The van der Waals surface area contributed by atoms with Gasteiger partial charge in [-0.2, -0.15) is 0 Å². The van der Waals surface area contributed by atoms with Crippen LogP contribution in [0.4, 0.5) is 4.79 Å². The molecule has 0 saturated heterocycles. The summed E-state index contributed by atoms with van der Waals surface area (Å²) in [6.07, 6.45) is 1.74. The molecule has 94 valence electrons. The number of alkyl carbamates (subject to hydrolysis) is 1. The monoisotopic (exact) mass is 228 g/mol. The molecule has 0 radical (unpaired) electrons. The third-order valence-corrected chi connectivity index (χ3v) is 1.62. The molecular formula is C12H24N2O2. The van der Waals surface area contributed by atoms with Crippen molar-refractivity contribution in [2.75, 3.05) is 19.6 Å². The molecule has 0 atom stereocenters. The number of hydrogen-bond donors (Lipinski definition) is 2. The summed E-state index contributed by atoms with van der Waals surface area (Å²) in [5.74, 6) is 0. The largest absolute Gasteiger partial charge is 0.444 e. The Balaban J connectivity index is 3.46. The van der Waals surface area contributed by atoms with Crippen LogP contribution in [0.2, 0.25) is 0 Å². The molecule has 1 amide bonds. The van der Waals surface area contributed by atoms with Crippen molar-refractivity contribution in [3.63, 3.8) is 0 Å². The van der Waals surface area contributed by atoms with Gasteiger partial charge in [-0.1, -0.05) is 11.6 Å². The topological polar surface area (TPSA) is 50.4 Å². The summed E-state index contributed by atoms with van der Waals surface area (Å²) in [4.78, 5) is 11.2. The van der Waals surface area contributed by atoms with Gasteiger partial charge >= 0.3 is 6.09 Å². The minimum atomic E-state index is -0.431. The summed E-state index contributed by atoms with van der Waals surface area (Å²) in [6, 6.07) is 0. The number of hydrogen-bond acceptors (Lipinski definition) is 3. The van der Waals surface area contributed by atoms with Gasteiger partial charge in [-0.25, -0.2) is 4.79 Å². The average Bonchev–Trinajstić information content (AvgIpc) is 2.07. The molecule has 4 heteroatoms. The van der Waals surface area contributed by atoms with Crippen molar-refractivity contribution in [3.8, 4) is 0 Å². The standard InChI is InChI=1S/C12H24N2O2/c1-10(2)6-7-13-8-9-14-11(15)16-12(3,4)5/h6,13H,7-9H2,1-5H3,(H,14,15). The van der Waals surface area contributed by atoms with E-state index in [0.717, 1.165) is 13.1 Å². The molecule has 16 heavy (non-hydrogen) atoms. The molecule has 0 aliphatic heterocycles. The molecule has 0 aromatic rings. The Morgan fingerprint density at radius 2 is 1.88 bits per heavy atom. The maximum absolute atomic E-state index is 11.2. The second-order valence-corrected chi connectivity index (χ2v) is 4.91. The Morgan fingerprint density at radius 1 is 1.25 bits per heavy atom. The lowest BCUT2D eigenvalue weighted by Crippen LogP contribution is -2.36. The third-order valence-electron chi connectivity index (χ3n) is 1.62. The van der Waals surface area contributed by atoms with Gasteiger partial charge in [0.25, 0.3) is 0 Å². The van der Waals surface area contributed by atoms with Crippen LogP contribution in [0.3, 0.4) is 0 Å². The summed E-state index contributed by atoms with van der Waals surface area (Å²) < 4.78 is 5.09. The average molecular weight is 228 g/mol. The molecule has 0 rings (SSSR count). The summed E-state index contributed by atoms with van der Waals surface area (Å²) in [5, 5.41) is 5.87. The number of amides is 1. The molecule has 0 aromatic heterocycles. The van der Waals surface area contributed by atoms with Crippen molar-refractivity contribution in [2.24, 2.45) is 0 Å².